The van der Waals surface area contributed by atoms with Crippen LogP contribution in [0.25, 0.3) is 0 Å². The molecule has 2 nitrogen and oxygen atoms in total. The van der Waals surface area contributed by atoms with Gasteiger partial charge < -0.3 is 4.74 Å². The van der Waals surface area contributed by atoms with Gasteiger partial charge in [-0.15, -0.1) is 0 Å². The Bertz CT molecular complexity index is 587. The van der Waals surface area contributed by atoms with Crippen LogP contribution in [0.2, 0.25) is 0 Å². The maximum atomic E-state index is 11.7. The molecule has 0 aromatic heterocycles. The molecule has 84 valence electrons. The zero-order valence-corrected chi connectivity index (χ0v) is 9.51. The highest BCUT2D eigenvalue weighted by Crippen LogP contribution is 2.36. The predicted octanol–water partition coefficient (Wildman–Crippen LogP) is 3.25. The van der Waals surface area contributed by atoms with E-state index in [0.29, 0.717) is 5.56 Å². The predicted molar refractivity (Wildman–Crippen MR) is 64.9 cm³/mol. The van der Waals surface area contributed by atoms with Gasteiger partial charge in [-0.2, -0.15) is 0 Å². The molecule has 0 bridgehead atoms. The van der Waals surface area contributed by atoms with E-state index in [1.54, 1.807) is 0 Å². The van der Waals surface area contributed by atoms with E-state index in [-0.39, 0.29) is 12.1 Å². The average molecular weight is 224 g/mol. The maximum absolute atomic E-state index is 11.7. The van der Waals surface area contributed by atoms with Gasteiger partial charge >= 0.3 is 5.97 Å². The van der Waals surface area contributed by atoms with Gasteiger partial charge in [-0.05, 0) is 24.1 Å². The van der Waals surface area contributed by atoms with E-state index in [1.165, 1.54) is 0 Å². The first kappa shape index (κ1) is 10.1. The summed E-state index contributed by atoms with van der Waals surface area (Å²) in [6.45, 7) is 2.03. The number of esters is 1. The number of cyclic esters (lactones) is 1. The van der Waals surface area contributed by atoms with Crippen molar-refractivity contribution in [2.24, 2.45) is 0 Å². The Kier molecular flexibility index (Phi) is 2.22. The summed E-state index contributed by atoms with van der Waals surface area (Å²) in [6, 6.07) is 15.6. The molecule has 1 unspecified atom stereocenters. The molecule has 2 heteroatoms. The van der Waals surface area contributed by atoms with E-state index in [4.69, 9.17) is 4.74 Å². The zero-order chi connectivity index (χ0) is 11.8. The lowest BCUT2D eigenvalue weighted by Gasteiger charge is -2.13. The van der Waals surface area contributed by atoms with Crippen LogP contribution in [0.1, 0.15) is 33.2 Å². The molecule has 0 fully saturated rings. The molecule has 0 saturated heterocycles. The second kappa shape index (κ2) is 3.74. The smallest absolute Gasteiger partial charge is 0.339 e. The molecule has 3 rings (SSSR count). The van der Waals surface area contributed by atoms with Crippen molar-refractivity contribution in [3.05, 3.63) is 70.8 Å². The summed E-state index contributed by atoms with van der Waals surface area (Å²) < 4.78 is 5.46. The second-order valence-corrected chi connectivity index (χ2v) is 4.23. The Morgan fingerprint density at radius 1 is 0.941 bits per heavy atom. The lowest BCUT2D eigenvalue weighted by Crippen LogP contribution is -2.02. The molecule has 0 radical (unpaired) electrons. The van der Waals surface area contributed by atoms with Gasteiger partial charge in [0.25, 0.3) is 0 Å². The van der Waals surface area contributed by atoms with Crippen LogP contribution < -0.4 is 0 Å². The van der Waals surface area contributed by atoms with Crippen LogP contribution >= 0.6 is 0 Å². The summed E-state index contributed by atoms with van der Waals surface area (Å²) in [5.41, 5.74) is 3.85. The highest BCUT2D eigenvalue weighted by atomic mass is 16.5. The van der Waals surface area contributed by atoms with Crippen LogP contribution in [0.3, 0.4) is 0 Å². The van der Waals surface area contributed by atoms with E-state index in [2.05, 4.69) is 0 Å². The molecule has 17 heavy (non-hydrogen) atoms. The summed E-state index contributed by atoms with van der Waals surface area (Å²) in [7, 11) is 0. The first-order valence-electron chi connectivity index (χ1n) is 5.63. The lowest BCUT2D eigenvalue weighted by atomic mass is 9.96. The van der Waals surface area contributed by atoms with Crippen molar-refractivity contribution in [3.63, 3.8) is 0 Å². The minimum Gasteiger partial charge on any atom is -0.449 e. The van der Waals surface area contributed by atoms with Gasteiger partial charge in [-0.25, -0.2) is 4.79 Å². The van der Waals surface area contributed by atoms with Crippen LogP contribution in [0.5, 0.6) is 0 Å². The van der Waals surface area contributed by atoms with Crippen molar-refractivity contribution in [1.29, 1.82) is 0 Å². The fraction of sp³-hybridized carbons (Fsp3) is 0.133. The van der Waals surface area contributed by atoms with Gasteiger partial charge in [0.15, 0.2) is 6.10 Å². The minimum absolute atomic E-state index is 0.228. The first-order valence-corrected chi connectivity index (χ1v) is 5.63. The summed E-state index contributed by atoms with van der Waals surface area (Å²) in [6.07, 6.45) is -0.250. The van der Waals surface area contributed by atoms with Gasteiger partial charge in [0, 0.05) is 5.56 Å². The van der Waals surface area contributed by atoms with Crippen molar-refractivity contribution in [2.45, 2.75) is 13.0 Å². The standard InChI is InChI=1S/C15H12O2/c1-10-6-2-3-7-11(10)14-12-8-4-5-9-13(12)15(16)17-14/h2-9,14H,1H3. The van der Waals surface area contributed by atoms with Gasteiger partial charge in [0.2, 0.25) is 0 Å². The summed E-state index contributed by atoms with van der Waals surface area (Å²) in [5, 5.41) is 0. The Morgan fingerprint density at radius 3 is 2.35 bits per heavy atom. The highest BCUT2D eigenvalue weighted by Gasteiger charge is 2.32. The average Bonchev–Trinajstić information content (AvgIpc) is 2.68. The van der Waals surface area contributed by atoms with E-state index < -0.39 is 0 Å². The van der Waals surface area contributed by atoms with E-state index in [0.717, 1.165) is 16.7 Å². The van der Waals surface area contributed by atoms with Crippen LogP contribution in [-0.2, 0) is 4.74 Å². The maximum Gasteiger partial charge on any atom is 0.339 e. The van der Waals surface area contributed by atoms with Crippen LogP contribution in [0, 0.1) is 6.92 Å². The molecule has 0 N–H and O–H groups in total. The quantitative estimate of drug-likeness (QED) is 0.695. The summed E-state index contributed by atoms with van der Waals surface area (Å²) in [5.74, 6) is -0.228. The van der Waals surface area contributed by atoms with Crippen LogP contribution in [-0.4, -0.2) is 5.97 Å². The Labute approximate surface area is 99.9 Å². The lowest BCUT2D eigenvalue weighted by molar-refractivity contribution is 0.0455. The van der Waals surface area contributed by atoms with E-state index in [1.807, 2.05) is 55.5 Å². The van der Waals surface area contributed by atoms with Gasteiger partial charge in [0.1, 0.15) is 0 Å². The molecule has 1 heterocycles. The Morgan fingerprint density at radius 2 is 1.59 bits per heavy atom. The monoisotopic (exact) mass is 224 g/mol. The van der Waals surface area contributed by atoms with Crippen molar-refractivity contribution < 1.29 is 9.53 Å². The number of fused-ring (bicyclic) bond motifs is 1. The fourth-order valence-corrected chi connectivity index (χ4v) is 2.26. The van der Waals surface area contributed by atoms with Crippen molar-refractivity contribution in [3.8, 4) is 0 Å². The van der Waals surface area contributed by atoms with E-state index in [9.17, 15) is 4.79 Å². The number of ether oxygens (including phenoxy) is 1. The van der Waals surface area contributed by atoms with E-state index >= 15 is 0 Å². The largest absolute Gasteiger partial charge is 0.449 e. The minimum atomic E-state index is -0.250. The number of carbonyl (C=O) groups excluding carboxylic acids is 1. The highest BCUT2D eigenvalue weighted by molar-refractivity contribution is 5.94. The molecular formula is C15H12O2. The first-order chi connectivity index (χ1) is 8.27. The number of benzene rings is 2. The number of hydrogen-bond donors (Lipinski definition) is 0. The number of hydrogen-bond acceptors (Lipinski definition) is 2. The summed E-state index contributed by atoms with van der Waals surface area (Å²) >= 11 is 0. The molecule has 1 aliphatic rings. The van der Waals surface area contributed by atoms with Crippen molar-refractivity contribution in [1.82, 2.24) is 0 Å². The molecular weight excluding hydrogens is 212 g/mol. The Hall–Kier alpha value is -2.09. The topological polar surface area (TPSA) is 26.3 Å². The van der Waals surface area contributed by atoms with Gasteiger partial charge in [0.05, 0.1) is 5.56 Å². The molecule has 2 aromatic carbocycles. The zero-order valence-electron chi connectivity index (χ0n) is 9.51. The van der Waals surface area contributed by atoms with Crippen molar-refractivity contribution >= 4 is 5.97 Å². The van der Waals surface area contributed by atoms with Crippen LogP contribution in [0.4, 0.5) is 0 Å². The molecule has 1 atom stereocenters. The molecule has 0 amide bonds. The summed E-state index contributed by atoms with van der Waals surface area (Å²) in [4.78, 5) is 11.7. The number of aryl methyl sites for hydroxylation is 1. The molecule has 0 aliphatic carbocycles. The Balaban J connectivity index is 2.14. The number of rotatable bonds is 1. The van der Waals surface area contributed by atoms with Gasteiger partial charge in [-0.1, -0.05) is 42.5 Å². The third-order valence-corrected chi connectivity index (χ3v) is 3.16. The molecule has 0 saturated carbocycles. The fourth-order valence-electron chi connectivity index (χ4n) is 2.26. The molecule has 1 aliphatic heterocycles. The van der Waals surface area contributed by atoms with Crippen LogP contribution in [0.15, 0.2) is 48.5 Å². The van der Waals surface area contributed by atoms with Crippen molar-refractivity contribution in [2.75, 3.05) is 0 Å². The van der Waals surface area contributed by atoms with Gasteiger partial charge in [-0.3, -0.25) is 0 Å². The second-order valence-electron chi connectivity index (χ2n) is 4.23. The molecule has 2 aromatic rings. The third-order valence-electron chi connectivity index (χ3n) is 3.16. The third kappa shape index (κ3) is 1.53. The molecule has 0 spiro atoms. The SMILES string of the molecule is Cc1ccccc1C1OC(=O)c2ccccc21. The normalized spacial score (nSPS) is 17.7. The number of carbonyl (C=O) groups is 1.